The molecule has 6 heteroatoms. The van der Waals surface area contributed by atoms with Gasteiger partial charge in [-0.25, -0.2) is 9.97 Å². The van der Waals surface area contributed by atoms with Gasteiger partial charge in [-0.3, -0.25) is 4.79 Å². The molecule has 26 heavy (non-hydrogen) atoms. The van der Waals surface area contributed by atoms with Crippen molar-refractivity contribution in [3.05, 3.63) is 76.2 Å². The Bertz CT molecular complexity index is 955. The monoisotopic (exact) mass is 366 g/mol. The van der Waals surface area contributed by atoms with Crippen molar-refractivity contribution in [2.45, 2.75) is 20.8 Å². The molecule has 0 saturated heterocycles. The van der Waals surface area contributed by atoms with E-state index in [2.05, 4.69) is 20.6 Å². The first-order valence-electron chi connectivity index (χ1n) is 8.17. The van der Waals surface area contributed by atoms with Gasteiger partial charge in [-0.1, -0.05) is 29.3 Å². The van der Waals surface area contributed by atoms with Crippen molar-refractivity contribution in [1.29, 1.82) is 0 Å². The van der Waals surface area contributed by atoms with Crippen molar-refractivity contribution >= 4 is 34.7 Å². The number of hydrogen-bond acceptors (Lipinski definition) is 4. The topological polar surface area (TPSA) is 66.9 Å². The number of carbonyl (C=O) groups excluding carboxylic acids is 1. The highest BCUT2D eigenvalue weighted by molar-refractivity contribution is 6.30. The zero-order valence-electron chi connectivity index (χ0n) is 14.8. The second kappa shape index (κ2) is 7.54. The zero-order chi connectivity index (χ0) is 18.7. The van der Waals surface area contributed by atoms with E-state index in [0.29, 0.717) is 28.0 Å². The van der Waals surface area contributed by atoms with Gasteiger partial charge in [0, 0.05) is 22.5 Å². The molecule has 1 aromatic heterocycles. The molecule has 1 heterocycles. The van der Waals surface area contributed by atoms with E-state index in [0.717, 1.165) is 11.3 Å². The molecule has 0 aliphatic rings. The van der Waals surface area contributed by atoms with Crippen LogP contribution in [0.15, 0.2) is 48.5 Å². The molecule has 0 spiro atoms. The number of nitrogens with zero attached hydrogens (tertiary/aromatic N) is 2. The maximum atomic E-state index is 12.6. The fourth-order valence-electron chi connectivity index (χ4n) is 2.49. The van der Waals surface area contributed by atoms with E-state index in [4.69, 9.17) is 11.6 Å². The van der Waals surface area contributed by atoms with Crippen molar-refractivity contribution in [3.63, 3.8) is 0 Å². The van der Waals surface area contributed by atoms with Crippen LogP contribution in [0.3, 0.4) is 0 Å². The molecule has 1 amide bonds. The van der Waals surface area contributed by atoms with E-state index in [-0.39, 0.29) is 5.91 Å². The molecule has 0 aliphatic carbocycles. The minimum atomic E-state index is -0.298. The Labute approximate surface area is 157 Å². The number of halogens is 1. The number of benzene rings is 2. The summed E-state index contributed by atoms with van der Waals surface area (Å²) < 4.78 is 0. The molecule has 0 bridgehead atoms. The van der Waals surface area contributed by atoms with Crippen molar-refractivity contribution in [1.82, 2.24) is 9.97 Å². The Morgan fingerprint density at radius 3 is 2.38 bits per heavy atom. The van der Waals surface area contributed by atoms with Crippen molar-refractivity contribution in [2.75, 3.05) is 10.6 Å². The van der Waals surface area contributed by atoms with Crippen LogP contribution in [-0.4, -0.2) is 15.9 Å². The molecule has 0 atom stereocenters. The number of anilines is 3. The van der Waals surface area contributed by atoms with Gasteiger partial charge in [0.2, 0.25) is 0 Å². The third-order valence-corrected chi connectivity index (χ3v) is 4.07. The van der Waals surface area contributed by atoms with Crippen molar-refractivity contribution in [3.8, 4) is 0 Å². The first-order chi connectivity index (χ1) is 12.4. The summed E-state index contributed by atoms with van der Waals surface area (Å²) in [4.78, 5) is 21.2. The Hall–Kier alpha value is -2.92. The summed E-state index contributed by atoms with van der Waals surface area (Å²) in [5.74, 6) is 0.785. The molecule has 0 radical (unpaired) electrons. The normalized spacial score (nSPS) is 10.5. The zero-order valence-corrected chi connectivity index (χ0v) is 15.6. The molecule has 0 saturated carbocycles. The van der Waals surface area contributed by atoms with Gasteiger partial charge in [0.25, 0.3) is 5.91 Å². The van der Waals surface area contributed by atoms with Gasteiger partial charge in [0.05, 0.1) is 0 Å². The summed E-state index contributed by atoms with van der Waals surface area (Å²) >= 11 is 5.96. The minimum Gasteiger partial charge on any atom is -0.340 e. The summed E-state index contributed by atoms with van der Waals surface area (Å²) in [5, 5.41) is 6.69. The number of amides is 1. The third-order valence-electron chi connectivity index (χ3n) is 3.83. The molecule has 0 aliphatic heterocycles. The number of carbonyl (C=O) groups is 1. The van der Waals surface area contributed by atoms with E-state index in [1.807, 2.05) is 38.1 Å². The van der Waals surface area contributed by atoms with Gasteiger partial charge in [-0.15, -0.1) is 0 Å². The van der Waals surface area contributed by atoms with Crippen molar-refractivity contribution < 1.29 is 4.79 Å². The second-order valence-corrected chi connectivity index (χ2v) is 6.53. The Balaban J connectivity index is 1.82. The van der Waals surface area contributed by atoms with Gasteiger partial charge >= 0.3 is 0 Å². The molecular formula is C20H19ClN4O. The lowest BCUT2D eigenvalue weighted by Gasteiger charge is -2.11. The summed E-state index contributed by atoms with van der Waals surface area (Å²) in [6.07, 6.45) is 0. The SMILES string of the molecule is Cc1ccc(Nc2cc(C(=O)Nc3ccc(Cl)cc3C)nc(C)n2)cc1. The van der Waals surface area contributed by atoms with Crippen LogP contribution in [0.2, 0.25) is 5.02 Å². The summed E-state index contributed by atoms with van der Waals surface area (Å²) in [6.45, 7) is 5.67. The van der Waals surface area contributed by atoms with E-state index in [1.54, 1.807) is 31.2 Å². The first kappa shape index (κ1) is 17.9. The minimum absolute atomic E-state index is 0.293. The van der Waals surface area contributed by atoms with Gasteiger partial charge in [0.1, 0.15) is 17.3 Å². The van der Waals surface area contributed by atoms with E-state index in [9.17, 15) is 4.79 Å². The molecule has 3 rings (SSSR count). The Morgan fingerprint density at radius 1 is 0.962 bits per heavy atom. The van der Waals surface area contributed by atoms with Crippen molar-refractivity contribution in [2.24, 2.45) is 0 Å². The van der Waals surface area contributed by atoms with Crippen LogP contribution in [0.4, 0.5) is 17.2 Å². The smallest absolute Gasteiger partial charge is 0.274 e. The lowest BCUT2D eigenvalue weighted by Crippen LogP contribution is -2.16. The van der Waals surface area contributed by atoms with Gasteiger partial charge in [0.15, 0.2) is 0 Å². The maximum absolute atomic E-state index is 12.6. The van der Waals surface area contributed by atoms with E-state index < -0.39 is 0 Å². The van der Waals surface area contributed by atoms with Crippen LogP contribution in [0.5, 0.6) is 0 Å². The number of nitrogens with one attached hydrogen (secondary N) is 2. The predicted molar refractivity (Wildman–Crippen MR) is 105 cm³/mol. The summed E-state index contributed by atoms with van der Waals surface area (Å²) in [7, 11) is 0. The molecule has 5 nitrogen and oxygen atoms in total. The van der Waals surface area contributed by atoms with Crippen LogP contribution >= 0.6 is 11.6 Å². The third kappa shape index (κ3) is 4.37. The van der Waals surface area contributed by atoms with Crippen LogP contribution in [0.25, 0.3) is 0 Å². The molecule has 0 fully saturated rings. The van der Waals surface area contributed by atoms with Gasteiger partial charge in [-0.2, -0.15) is 0 Å². The van der Waals surface area contributed by atoms with Crippen LogP contribution < -0.4 is 10.6 Å². The Morgan fingerprint density at radius 2 is 1.69 bits per heavy atom. The van der Waals surface area contributed by atoms with Crippen LogP contribution in [-0.2, 0) is 0 Å². The fourth-order valence-corrected chi connectivity index (χ4v) is 2.71. The van der Waals surface area contributed by atoms with Gasteiger partial charge < -0.3 is 10.6 Å². The summed E-state index contributed by atoms with van der Waals surface area (Å²) in [6, 6.07) is 14.9. The highest BCUT2D eigenvalue weighted by Crippen LogP contribution is 2.21. The van der Waals surface area contributed by atoms with E-state index in [1.165, 1.54) is 5.56 Å². The standard InChI is InChI=1S/C20H19ClN4O/c1-12-4-7-16(8-5-12)24-19-11-18(22-14(3)23-19)20(26)25-17-9-6-15(21)10-13(17)2/h4-11H,1-3H3,(H,25,26)(H,22,23,24). The number of aryl methyl sites for hydroxylation is 3. The highest BCUT2D eigenvalue weighted by Gasteiger charge is 2.12. The summed E-state index contributed by atoms with van der Waals surface area (Å²) in [5.41, 5.74) is 3.95. The lowest BCUT2D eigenvalue weighted by atomic mass is 10.2. The number of rotatable bonds is 4. The predicted octanol–water partition coefficient (Wildman–Crippen LogP) is 5.05. The second-order valence-electron chi connectivity index (χ2n) is 6.09. The highest BCUT2D eigenvalue weighted by atomic mass is 35.5. The molecule has 0 unspecified atom stereocenters. The molecule has 2 aromatic carbocycles. The maximum Gasteiger partial charge on any atom is 0.274 e. The Kier molecular flexibility index (Phi) is 5.19. The van der Waals surface area contributed by atoms with Crippen LogP contribution in [0, 0.1) is 20.8 Å². The first-order valence-corrected chi connectivity index (χ1v) is 8.55. The van der Waals surface area contributed by atoms with Gasteiger partial charge in [-0.05, 0) is 56.7 Å². The molecule has 132 valence electrons. The van der Waals surface area contributed by atoms with Crippen LogP contribution in [0.1, 0.15) is 27.4 Å². The largest absolute Gasteiger partial charge is 0.340 e. The molecule has 2 N–H and O–H groups in total. The average molecular weight is 367 g/mol. The molecular weight excluding hydrogens is 348 g/mol. The number of hydrogen-bond donors (Lipinski definition) is 2. The fraction of sp³-hybridized carbons (Fsp3) is 0.150. The quantitative estimate of drug-likeness (QED) is 0.678. The number of aromatic nitrogens is 2. The average Bonchev–Trinajstić information content (AvgIpc) is 2.59. The van der Waals surface area contributed by atoms with E-state index >= 15 is 0 Å². The molecule has 3 aromatic rings. The lowest BCUT2D eigenvalue weighted by molar-refractivity contribution is 0.102.